The van der Waals surface area contributed by atoms with Crippen LogP contribution in [0.5, 0.6) is 5.88 Å². The molecule has 1 unspecified atom stereocenters. The van der Waals surface area contributed by atoms with Crippen molar-refractivity contribution in [3.05, 3.63) is 58.7 Å². The van der Waals surface area contributed by atoms with Crippen LogP contribution in [0.25, 0.3) is 0 Å². The molecule has 1 aromatic heterocycles. The van der Waals surface area contributed by atoms with Crippen LogP contribution in [0, 0.1) is 0 Å². The highest BCUT2D eigenvalue weighted by Gasteiger charge is 2.13. The van der Waals surface area contributed by atoms with E-state index in [-0.39, 0.29) is 18.6 Å². The summed E-state index contributed by atoms with van der Waals surface area (Å²) >= 11 is 6.01. The van der Waals surface area contributed by atoms with Gasteiger partial charge in [0.1, 0.15) is 0 Å². The summed E-state index contributed by atoms with van der Waals surface area (Å²) < 4.78 is 5.42. The van der Waals surface area contributed by atoms with Crippen molar-refractivity contribution < 1.29 is 14.6 Å². The minimum atomic E-state index is -0.871. The number of benzene rings is 1. The molecule has 0 bridgehead atoms. The molecule has 0 saturated heterocycles. The van der Waals surface area contributed by atoms with Crippen LogP contribution in [-0.4, -0.2) is 28.6 Å². The van der Waals surface area contributed by atoms with Crippen LogP contribution in [0.1, 0.15) is 35.9 Å². The number of carbonyl (C=O) groups excluding carboxylic acids is 1. The predicted molar refractivity (Wildman–Crippen MR) is 88.7 cm³/mol. The van der Waals surface area contributed by atoms with E-state index in [1.165, 1.54) is 6.20 Å². The molecule has 1 aromatic carbocycles. The standard InChI is InChI=1S/C17H19ClN2O3/c1-11(2)23-16-8-7-12(9-19-16)17(22)20-10-15(21)13-5-3-4-6-14(13)18/h3-9,11,15,21H,10H2,1-2H3,(H,20,22). The first-order valence-corrected chi connectivity index (χ1v) is 7.68. The van der Waals surface area contributed by atoms with Crippen LogP contribution in [0.3, 0.4) is 0 Å². The maximum Gasteiger partial charge on any atom is 0.252 e. The molecule has 0 aliphatic heterocycles. The SMILES string of the molecule is CC(C)Oc1ccc(C(=O)NCC(O)c2ccccc2Cl)cn1. The van der Waals surface area contributed by atoms with E-state index in [1.54, 1.807) is 36.4 Å². The second-order valence-corrected chi connectivity index (χ2v) is 5.71. The zero-order valence-corrected chi connectivity index (χ0v) is 13.7. The van der Waals surface area contributed by atoms with Crippen LogP contribution in [-0.2, 0) is 0 Å². The molecule has 0 spiro atoms. The number of pyridine rings is 1. The van der Waals surface area contributed by atoms with Gasteiger partial charge in [-0.25, -0.2) is 4.98 Å². The Morgan fingerprint density at radius 3 is 2.65 bits per heavy atom. The summed E-state index contributed by atoms with van der Waals surface area (Å²) in [5.74, 6) is 0.146. The highest BCUT2D eigenvalue weighted by Crippen LogP contribution is 2.21. The number of nitrogens with zero attached hydrogens (tertiary/aromatic N) is 1. The second-order valence-electron chi connectivity index (χ2n) is 5.30. The summed E-state index contributed by atoms with van der Waals surface area (Å²) in [6.45, 7) is 3.86. The minimum Gasteiger partial charge on any atom is -0.475 e. The molecule has 0 fully saturated rings. The van der Waals surface area contributed by atoms with Gasteiger partial charge in [0.25, 0.3) is 5.91 Å². The first-order valence-electron chi connectivity index (χ1n) is 7.30. The quantitative estimate of drug-likeness (QED) is 0.852. The molecule has 0 saturated carbocycles. The molecule has 2 rings (SSSR count). The van der Waals surface area contributed by atoms with Gasteiger partial charge < -0.3 is 15.2 Å². The summed E-state index contributed by atoms with van der Waals surface area (Å²) in [5.41, 5.74) is 0.973. The van der Waals surface area contributed by atoms with Gasteiger partial charge in [0.05, 0.1) is 17.8 Å². The van der Waals surface area contributed by atoms with Crippen molar-refractivity contribution in [3.63, 3.8) is 0 Å². The molecule has 1 amide bonds. The number of carbonyl (C=O) groups is 1. The number of hydrogen-bond donors (Lipinski definition) is 2. The summed E-state index contributed by atoms with van der Waals surface area (Å²) in [6.07, 6.45) is 0.590. The predicted octanol–water partition coefficient (Wildman–Crippen LogP) is 2.99. The molecule has 0 radical (unpaired) electrons. The number of halogens is 1. The summed E-state index contributed by atoms with van der Waals surface area (Å²) in [5, 5.41) is 13.2. The fraction of sp³-hybridized carbons (Fsp3) is 0.294. The number of aromatic nitrogens is 1. The van der Waals surface area contributed by atoms with Crippen LogP contribution >= 0.6 is 11.6 Å². The van der Waals surface area contributed by atoms with Crippen LogP contribution < -0.4 is 10.1 Å². The fourth-order valence-corrected chi connectivity index (χ4v) is 2.23. The minimum absolute atomic E-state index is 0.0212. The smallest absolute Gasteiger partial charge is 0.252 e. The third-order valence-corrected chi connectivity index (χ3v) is 3.42. The monoisotopic (exact) mass is 334 g/mol. The summed E-state index contributed by atoms with van der Waals surface area (Å²) in [7, 11) is 0. The Morgan fingerprint density at radius 1 is 1.30 bits per heavy atom. The van der Waals surface area contributed by atoms with Gasteiger partial charge >= 0.3 is 0 Å². The van der Waals surface area contributed by atoms with Crippen molar-refractivity contribution in [3.8, 4) is 5.88 Å². The Balaban J connectivity index is 1.93. The Bertz CT molecular complexity index is 659. The Morgan fingerprint density at radius 2 is 2.04 bits per heavy atom. The molecule has 2 aromatic rings. The molecule has 2 N–H and O–H groups in total. The number of rotatable bonds is 6. The maximum absolute atomic E-state index is 12.1. The average molecular weight is 335 g/mol. The average Bonchev–Trinajstić information content (AvgIpc) is 2.53. The Hall–Kier alpha value is -2.11. The number of ether oxygens (including phenoxy) is 1. The number of nitrogens with one attached hydrogen (secondary N) is 1. The molecular weight excluding hydrogens is 316 g/mol. The molecule has 6 heteroatoms. The van der Waals surface area contributed by atoms with E-state index in [9.17, 15) is 9.90 Å². The van der Waals surface area contributed by atoms with E-state index in [0.29, 0.717) is 22.0 Å². The Labute approximate surface area is 140 Å². The van der Waals surface area contributed by atoms with E-state index in [0.717, 1.165) is 0 Å². The van der Waals surface area contributed by atoms with Crippen molar-refractivity contribution in [1.82, 2.24) is 10.3 Å². The van der Waals surface area contributed by atoms with Crippen LogP contribution in [0.4, 0.5) is 0 Å². The first kappa shape index (κ1) is 17.2. The summed E-state index contributed by atoms with van der Waals surface area (Å²) in [6, 6.07) is 10.2. The molecule has 1 atom stereocenters. The highest BCUT2D eigenvalue weighted by molar-refractivity contribution is 6.31. The van der Waals surface area contributed by atoms with E-state index < -0.39 is 6.10 Å². The number of hydrogen-bond acceptors (Lipinski definition) is 4. The van der Waals surface area contributed by atoms with Gasteiger partial charge in [0.15, 0.2) is 0 Å². The molecule has 0 aliphatic rings. The van der Waals surface area contributed by atoms with Gasteiger partial charge in [-0.05, 0) is 26.0 Å². The van der Waals surface area contributed by atoms with Crippen LogP contribution in [0.2, 0.25) is 5.02 Å². The third kappa shape index (κ3) is 4.94. The fourth-order valence-electron chi connectivity index (χ4n) is 1.97. The second kappa shape index (κ2) is 7.94. The lowest BCUT2D eigenvalue weighted by Gasteiger charge is -2.14. The topological polar surface area (TPSA) is 71.5 Å². The van der Waals surface area contributed by atoms with E-state index in [2.05, 4.69) is 10.3 Å². The maximum atomic E-state index is 12.1. The lowest BCUT2D eigenvalue weighted by molar-refractivity contribution is 0.0916. The number of aliphatic hydroxyl groups is 1. The molecule has 122 valence electrons. The third-order valence-electron chi connectivity index (χ3n) is 3.08. The zero-order valence-electron chi connectivity index (χ0n) is 13.0. The largest absolute Gasteiger partial charge is 0.475 e. The zero-order chi connectivity index (χ0) is 16.8. The van der Waals surface area contributed by atoms with Gasteiger partial charge in [-0.15, -0.1) is 0 Å². The van der Waals surface area contributed by atoms with Gasteiger partial charge in [0.2, 0.25) is 5.88 Å². The molecule has 0 aliphatic carbocycles. The number of aliphatic hydroxyl groups excluding tert-OH is 1. The molecular formula is C17H19ClN2O3. The van der Waals surface area contributed by atoms with Crippen molar-refractivity contribution in [2.75, 3.05) is 6.54 Å². The molecule has 5 nitrogen and oxygen atoms in total. The van der Waals surface area contributed by atoms with Crippen molar-refractivity contribution >= 4 is 17.5 Å². The van der Waals surface area contributed by atoms with Gasteiger partial charge in [-0.2, -0.15) is 0 Å². The van der Waals surface area contributed by atoms with E-state index >= 15 is 0 Å². The lowest BCUT2D eigenvalue weighted by Crippen LogP contribution is -2.28. The van der Waals surface area contributed by atoms with E-state index in [1.807, 2.05) is 13.8 Å². The normalized spacial score (nSPS) is 12.0. The van der Waals surface area contributed by atoms with Gasteiger partial charge in [-0.1, -0.05) is 29.8 Å². The van der Waals surface area contributed by atoms with Crippen molar-refractivity contribution in [1.29, 1.82) is 0 Å². The summed E-state index contributed by atoms with van der Waals surface area (Å²) in [4.78, 5) is 16.1. The van der Waals surface area contributed by atoms with Crippen molar-refractivity contribution in [2.45, 2.75) is 26.1 Å². The molecule has 1 heterocycles. The Kier molecular flexibility index (Phi) is 5.96. The van der Waals surface area contributed by atoms with Crippen LogP contribution in [0.15, 0.2) is 42.6 Å². The van der Waals surface area contributed by atoms with E-state index in [4.69, 9.17) is 16.3 Å². The molecule has 23 heavy (non-hydrogen) atoms. The highest BCUT2D eigenvalue weighted by atomic mass is 35.5. The van der Waals surface area contributed by atoms with Crippen molar-refractivity contribution in [2.24, 2.45) is 0 Å². The first-order chi connectivity index (χ1) is 11.0. The lowest BCUT2D eigenvalue weighted by atomic mass is 10.1. The van der Waals surface area contributed by atoms with Gasteiger partial charge in [-0.3, -0.25) is 4.79 Å². The number of amides is 1. The van der Waals surface area contributed by atoms with Gasteiger partial charge in [0, 0.05) is 29.4 Å².